The van der Waals surface area contributed by atoms with Crippen molar-refractivity contribution in [2.45, 2.75) is 46.5 Å². The van der Waals surface area contributed by atoms with Crippen LogP contribution >= 0.6 is 0 Å². The number of aryl methyl sites for hydroxylation is 2. The normalized spacial score (nSPS) is 10.5. The molecule has 0 aliphatic rings. The van der Waals surface area contributed by atoms with Crippen LogP contribution in [0.5, 0.6) is 11.5 Å². The third-order valence-corrected chi connectivity index (χ3v) is 5.17. The number of benzene rings is 3. The molecule has 31 heavy (non-hydrogen) atoms. The van der Waals surface area contributed by atoms with E-state index in [0.717, 1.165) is 29.5 Å². The molecule has 0 atom stereocenters. The molecule has 0 amide bonds. The Kier molecular flexibility index (Phi) is 7.60. The average molecular weight is 417 g/mol. The fourth-order valence-corrected chi connectivity index (χ4v) is 3.61. The van der Waals surface area contributed by atoms with Crippen molar-refractivity contribution >= 4 is 11.9 Å². The molecule has 160 valence electrons. The van der Waals surface area contributed by atoms with Crippen molar-refractivity contribution in [2.24, 2.45) is 0 Å². The zero-order valence-corrected chi connectivity index (χ0v) is 18.3. The lowest BCUT2D eigenvalue weighted by molar-refractivity contribution is 0.0679. The van der Waals surface area contributed by atoms with E-state index in [1.165, 1.54) is 0 Å². The molecular weight excluding hydrogens is 388 g/mol. The molecule has 0 heterocycles. The molecule has 0 aromatic heterocycles. The smallest absolute Gasteiger partial charge is 0.343 e. The van der Waals surface area contributed by atoms with E-state index in [2.05, 4.69) is 13.0 Å². The lowest BCUT2D eigenvalue weighted by Gasteiger charge is -2.20. The fourth-order valence-electron chi connectivity index (χ4n) is 3.61. The Morgan fingerprint density at radius 1 is 0.677 bits per heavy atom. The lowest BCUT2D eigenvalue weighted by Crippen LogP contribution is -2.16. The monoisotopic (exact) mass is 416 g/mol. The molecule has 3 aromatic carbocycles. The van der Waals surface area contributed by atoms with E-state index in [1.54, 1.807) is 48.5 Å². The summed E-state index contributed by atoms with van der Waals surface area (Å²) in [6.07, 6.45) is 3.13. The van der Waals surface area contributed by atoms with Gasteiger partial charge in [-0.3, -0.25) is 0 Å². The zero-order valence-electron chi connectivity index (χ0n) is 18.3. The maximum atomic E-state index is 12.9. The molecule has 0 radical (unpaired) electrons. The van der Waals surface area contributed by atoms with Crippen molar-refractivity contribution in [3.8, 4) is 11.5 Å². The highest BCUT2D eigenvalue weighted by molar-refractivity contribution is 5.93. The predicted molar refractivity (Wildman–Crippen MR) is 122 cm³/mol. The van der Waals surface area contributed by atoms with Gasteiger partial charge in [-0.1, -0.05) is 69.7 Å². The standard InChI is InChI=1S/C27H28O4/c1-4-13-22-18-19(5-2)24(30-26(28)20-14-9-7-10-15-20)25(23(22)6-3)31-27(29)21-16-11-8-12-17-21/h7-12,14-18H,4-6,13H2,1-3H3. The molecule has 0 aliphatic carbocycles. The Hall–Kier alpha value is -3.40. The Balaban J connectivity index is 2.10. The molecule has 0 aliphatic heterocycles. The molecule has 0 bridgehead atoms. The Labute approximate surface area is 183 Å². The number of carbonyl (C=O) groups excluding carboxylic acids is 2. The van der Waals surface area contributed by atoms with Crippen LogP contribution in [0.25, 0.3) is 0 Å². The summed E-state index contributed by atoms with van der Waals surface area (Å²) in [6, 6.07) is 19.7. The first-order valence-corrected chi connectivity index (χ1v) is 10.8. The predicted octanol–water partition coefficient (Wildman–Crippen LogP) is 6.20. The summed E-state index contributed by atoms with van der Waals surface area (Å²) in [5.41, 5.74) is 3.77. The summed E-state index contributed by atoms with van der Waals surface area (Å²) in [5.74, 6) is -0.263. The van der Waals surface area contributed by atoms with Crippen LogP contribution < -0.4 is 9.47 Å². The number of ether oxygens (including phenoxy) is 2. The van der Waals surface area contributed by atoms with E-state index in [1.807, 2.05) is 26.0 Å². The van der Waals surface area contributed by atoms with E-state index >= 15 is 0 Å². The van der Waals surface area contributed by atoms with Crippen molar-refractivity contribution in [1.29, 1.82) is 0 Å². The summed E-state index contributed by atoms with van der Waals surface area (Å²) < 4.78 is 11.8. The highest BCUT2D eigenvalue weighted by atomic mass is 16.6. The second-order valence-corrected chi connectivity index (χ2v) is 7.30. The molecule has 0 N–H and O–H groups in total. The Bertz CT molecular complexity index is 1040. The molecule has 4 heteroatoms. The van der Waals surface area contributed by atoms with Crippen LogP contribution in [0.3, 0.4) is 0 Å². The van der Waals surface area contributed by atoms with Gasteiger partial charge in [0.1, 0.15) is 0 Å². The molecule has 0 saturated heterocycles. The van der Waals surface area contributed by atoms with Gasteiger partial charge in [0, 0.05) is 5.56 Å². The van der Waals surface area contributed by atoms with E-state index in [-0.39, 0.29) is 0 Å². The third-order valence-electron chi connectivity index (χ3n) is 5.17. The maximum Gasteiger partial charge on any atom is 0.343 e. The molecule has 3 rings (SSSR count). The highest BCUT2D eigenvalue weighted by Crippen LogP contribution is 2.40. The van der Waals surface area contributed by atoms with Crippen molar-refractivity contribution in [3.63, 3.8) is 0 Å². The first-order chi connectivity index (χ1) is 15.1. The number of hydrogen-bond donors (Lipinski definition) is 0. The van der Waals surface area contributed by atoms with E-state index in [0.29, 0.717) is 35.5 Å². The summed E-state index contributed by atoms with van der Waals surface area (Å²) in [5, 5.41) is 0. The zero-order chi connectivity index (χ0) is 22.2. The second kappa shape index (κ2) is 10.6. The van der Waals surface area contributed by atoms with Crippen LogP contribution in [-0.2, 0) is 19.3 Å². The van der Waals surface area contributed by atoms with Gasteiger partial charge in [-0.05, 0) is 54.7 Å². The topological polar surface area (TPSA) is 52.6 Å². The first-order valence-electron chi connectivity index (χ1n) is 10.8. The molecule has 3 aromatic rings. The average Bonchev–Trinajstić information content (AvgIpc) is 2.81. The van der Waals surface area contributed by atoms with Crippen LogP contribution in [0, 0.1) is 0 Å². The van der Waals surface area contributed by atoms with Crippen molar-refractivity contribution < 1.29 is 19.1 Å². The largest absolute Gasteiger partial charge is 0.419 e. The quantitative estimate of drug-likeness (QED) is 0.324. The van der Waals surface area contributed by atoms with Gasteiger partial charge in [0.25, 0.3) is 0 Å². The SMILES string of the molecule is CCCc1cc(CC)c(OC(=O)c2ccccc2)c(OC(=O)c2ccccc2)c1CC. The number of esters is 2. The fraction of sp³-hybridized carbons (Fsp3) is 0.259. The van der Waals surface area contributed by atoms with Crippen LogP contribution in [0.4, 0.5) is 0 Å². The van der Waals surface area contributed by atoms with Crippen LogP contribution in [0.15, 0.2) is 66.7 Å². The van der Waals surface area contributed by atoms with Crippen molar-refractivity contribution in [3.05, 3.63) is 94.5 Å². The van der Waals surface area contributed by atoms with E-state index < -0.39 is 11.9 Å². The van der Waals surface area contributed by atoms with Gasteiger partial charge in [0.15, 0.2) is 11.5 Å². The van der Waals surface area contributed by atoms with E-state index in [9.17, 15) is 9.59 Å². The van der Waals surface area contributed by atoms with E-state index in [4.69, 9.17) is 9.47 Å². The Morgan fingerprint density at radius 2 is 1.19 bits per heavy atom. The van der Waals surface area contributed by atoms with Gasteiger partial charge in [-0.25, -0.2) is 9.59 Å². The minimum absolute atomic E-state index is 0.331. The van der Waals surface area contributed by atoms with Gasteiger partial charge >= 0.3 is 11.9 Å². The van der Waals surface area contributed by atoms with Gasteiger partial charge in [0.05, 0.1) is 11.1 Å². The van der Waals surface area contributed by atoms with Gasteiger partial charge in [-0.15, -0.1) is 0 Å². The first kappa shape index (κ1) is 22.3. The molecule has 0 saturated carbocycles. The van der Waals surface area contributed by atoms with Crippen LogP contribution in [-0.4, -0.2) is 11.9 Å². The Morgan fingerprint density at radius 3 is 1.65 bits per heavy atom. The second-order valence-electron chi connectivity index (χ2n) is 7.30. The number of hydrogen-bond acceptors (Lipinski definition) is 4. The molecule has 4 nitrogen and oxygen atoms in total. The van der Waals surface area contributed by atoms with Gasteiger partial charge in [-0.2, -0.15) is 0 Å². The summed E-state index contributed by atoms with van der Waals surface area (Å²) in [7, 11) is 0. The minimum atomic E-state index is -0.474. The lowest BCUT2D eigenvalue weighted by atomic mass is 9.95. The number of rotatable bonds is 8. The molecule has 0 spiro atoms. The van der Waals surface area contributed by atoms with Gasteiger partial charge in [0.2, 0.25) is 0 Å². The summed E-state index contributed by atoms with van der Waals surface area (Å²) in [6.45, 7) is 6.13. The van der Waals surface area contributed by atoms with Crippen molar-refractivity contribution in [2.75, 3.05) is 0 Å². The van der Waals surface area contributed by atoms with Gasteiger partial charge < -0.3 is 9.47 Å². The molecular formula is C27H28O4. The maximum absolute atomic E-state index is 12.9. The highest BCUT2D eigenvalue weighted by Gasteiger charge is 2.24. The minimum Gasteiger partial charge on any atom is -0.419 e. The summed E-state index contributed by atoms with van der Waals surface area (Å²) in [4.78, 5) is 25.7. The van der Waals surface area contributed by atoms with Crippen LogP contribution in [0.1, 0.15) is 64.6 Å². The third kappa shape index (κ3) is 5.21. The molecule has 0 fully saturated rings. The van der Waals surface area contributed by atoms with Crippen molar-refractivity contribution in [1.82, 2.24) is 0 Å². The molecule has 0 unspecified atom stereocenters. The van der Waals surface area contributed by atoms with Crippen LogP contribution in [0.2, 0.25) is 0 Å². The number of carbonyl (C=O) groups is 2. The summed E-state index contributed by atoms with van der Waals surface area (Å²) >= 11 is 0.